The van der Waals surface area contributed by atoms with Gasteiger partial charge in [0.15, 0.2) is 0 Å². The average molecular weight is 272 g/mol. The fraction of sp³-hybridized carbons (Fsp3) is 0.200. The molecule has 0 aliphatic rings. The van der Waals surface area contributed by atoms with Crippen LogP contribution in [0.15, 0.2) is 16.6 Å². The zero-order chi connectivity index (χ0) is 11.4. The lowest BCUT2D eigenvalue weighted by molar-refractivity contribution is 0.0524. The fourth-order valence-corrected chi connectivity index (χ4v) is 1.40. The van der Waals surface area contributed by atoms with Crippen molar-refractivity contribution in [2.45, 2.75) is 6.92 Å². The maximum Gasteiger partial charge on any atom is 0.339 e. The summed E-state index contributed by atoms with van der Waals surface area (Å²) in [7, 11) is 0. The summed E-state index contributed by atoms with van der Waals surface area (Å²) >= 11 is 2.93. The predicted octanol–water partition coefficient (Wildman–Crippen LogP) is 2.64. The van der Waals surface area contributed by atoms with Gasteiger partial charge in [-0.15, -0.1) is 0 Å². The summed E-state index contributed by atoms with van der Waals surface area (Å²) in [5.74, 6) is -1.31. The topological polar surface area (TPSA) is 50.1 Å². The maximum atomic E-state index is 13.2. The molecule has 0 atom stereocenters. The molecular weight excluding hydrogens is 265 g/mol. The minimum absolute atomic E-state index is 0.0138. The number of hydrogen-bond acceptors (Lipinski definition) is 3. The Morgan fingerprint density at radius 1 is 1.67 bits per heavy atom. The van der Waals surface area contributed by atoms with Crippen molar-refractivity contribution in [3.63, 3.8) is 0 Å². The standard InChI is InChI=1S/C10H7BrFNO2/c1-2-15-10(14)7-3-6(5-13)4-8(12)9(7)11/h3-4H,2H2,1H3. The first-order chi connectivity index (χ1) is 7.10. The number of nitrogens with zero attached hydrogens (tertiary/aromatic N) is 1. The number of nitriles is 1. The van der Waals surface area contributed by atoms with Gasteiger partial charge >= 0.3 is 5.97 Å². The van der Waals surface area contributed by atoms with Gasteiger partial charge in [0.1, 0.15) is 5.82 Å². The number of halogens is 2. The van der Waals surface area contributed by atoms with E-state index in [1.807, 2.05) is 0 Å². The number of esters is 1. The van der Waals surface area contributed by atoms with Crippen LogP contribution in [0.5, 0.6) is 0 Å². The molecule has 0 radical (unpaired) electrons. The maximum absolute atomic E-state index is 13.2. The highest BCUT2D eigenvalue weighted by atomic mass is 79.9. The largest absolute Gasteiger partial charge is 0.462 e. The van der Waals surface area contributed by atoms with Crippen LogP contribution in [0.1, 0.15) is 22.8 Å². The fourth-order valence-electron chi connectivity index (χ4n) is 1.01. The van der Waals surface area contributed by atoms with Crippen LogP contribution >= 0.6 is 15.9 Å². The number of rotatable bonds is 2. The van der Waals surface area contributed by atoms with E-state index in [4.69, 9.17) is 10.00 Å². The molecule has 0 fully saturated rings. The molecule has 78 valence electrons. The number of benzene rings is 1. The summed E-state index contributed by atoms with van der Waals surface area (Å²) < 4.78 is 18.0. The first-order valence-electron chi connectivity index (χ1n) is 4.16. The molecule has 0 saturated heterocycles. The quantitative estimate of drug-likeness (QED) is 0.777. The summed E-state index contributed by atoms with van der Waals surface area (Å²) in [4.78, 5) is 11.4. The lowest BCUT2D eigenvalue weighted by Crippen LogP contribution is -2.07. The molecule has 0 aliphatic heterocycles. The van der Waals surface area contributed by atoms with E-state index in [0.717, 1.165) is 6.07 Å². The van der Waals surface area contributed by atoms with Crippen molar-refractivity contribution >= 4 is 21.9 Å². The first kappa shape index (κ1) is 11.7. The van der Waals surface area contributed by atoms with Crippen molar-refractivity contribution in [3.05, 3.63) is 33.5 Å². The van der Waals surface area contributed by atoms with Crippen molar-refractivity contribution in [2.75, 3.05) is 6.61 Å². The van der Waals surface area contributed by atoms with Gasteiger partial charge in [-0.25, -0.2) is 9.18 Å². The lowest BCUT2D eigenvalue weighted by Gasteiger charge is -2.05. The SMILES string of the molecule is CCOC(=O)c1cc(C#N)cc(F)c1Br. The van der Waals surface area contributed by atoms with Gasteiger partial charge in [0, 0.05) is 0 Å². The highest BCUT2D eigenvalue weighted by molar-refractivity contribution is 9.10. The molecule has 0 amide bonds. The zero-order valence-electron chi connectivity index (χ0n) is 7.88. The molecule has 0 aliphatic carbocycles. The van der Waals surface area contributed by atoms with Crippen molar-refractivity contribution in [1.29, 1.82) is 5.26 Å². The molecule has 0 N–H and O–H groups in total. The van der Waals surface area contributed by atoms with Crippen molar-refractivity contribution in [3.8, 4) is 6.07 Å². The van der Waals surface area contributed by atoms with Crippen LogP contribution in [-0.4, -0.2) is 12.6 Å². The number of carbonyl (C=O) groups is 1. The molecule has 1 aromatic rings. The van der Waals surface area contributed by atoms with E-state index < -0.39 is 11.8 Å². The van der Waals surface area contributed by atoms with Gasteiger partial charge < -0.3 is 4.74 Å². The van der Waals surface area contributed by atoms with E-state index in [9.17, 15) is 9.18 Å². The molecule has 1 rings (SSSR count). The van der Waals surface area contributed by atoms with Crippen LogP contribution in [0.2, 0.25) is 0 Å². The van der Waals surface area contributed by atoms with Crippen LogP contribution in [-0.2, 0) is 4.74 Å². The Morgan fingerprint density at radius 3 is 2.87 bits per heavy atom. The Labute approximate surface area is 94.6 Å². The van der Waals surface area contributed by atoms with Gasteiger partial charge in [-0.3, -0.25) is 0 Å². The van der Waals surface area contributed by atoms with Gasteiger partial charge in [0.2, 0.25) is 0 Å². The van der Waals surface area contributed by atoms with E-state index in [0.29, 0.717) is 0 Å². The first-order valence-corrected chi connectivity index (χ1v) is 4.95. The smallest absolute Gasteiger partial charge is 0.339 e. The van der Waals surface area contributed by atoms with E-state index in [1.165, 1.54) is 6.07 Å². The van der Waals surface area contributed by atoms with Gasteiger partial charge in [0.25, 0.3) is 0 Å². The highest BCUT2D eigenvalue weighted by Crippen LogP contribution is 2.23. The number of ether oxygens (including phenoxy) is 1. The Balaban J connectivity index is 3.23. The van der Waals surface area contributed by atoms with E-state index in [2.05, 4.69) is 15.9 Å². The molecule has 15 heavy (non-hydrogen) atoms. The minimum Gasteiger partial charge on any atom is -0.462 e. The van der Waals surface area contributed by atoms with Crippen LogP contribution in [0.3, 0.4) is 0 Å². The third kappa shape index (κ3) is 2.54. The molecular formula is C10H7BrFNO2. The molecule has 0 bridgehead atoms. The molecule has 0 saturated carbocycles. The second-order valence-corrected chi connectivity index (χ2v) is 3.44. The van der Waals surface area contributed by atoms with E-state index >= 15 is 0 Å². The molecule has 1 aromatic carbocycles. The normalized spacial score (nSPS) is 9.47. The molecule has 5 heteroatoms. The van der Waals surface area contributed by atoms with Gasteiger partial charge in [0.05, 0.1) is 28.3 Å². The predicted molar refractivity (Wildman–Crippen MR) is 54.8 cm³/mol. The summed E-state index contributed by atoms with van der Waals surface area (Å²) in [6.45, 7) is 1.85. The van der Waals surface area contributed by atoms with Crippen molar-refractivity contribution < 1.29 is 13.9 Å². The van der Waals surface area contributed by atoms with Crippen LogP contribution in [0, 0.1) is 17.1 Å². The minimum atomic E-state index is -0.655. The number of hydrogen-bond donors (Lipinski definition) is 0. The second kappa shape index (κ2) is 4.89. The van der Waals surface area contributed by atoms with Crippen molar-refractivity contribution in [1.82, 2.24) is 0 Å². The monoisotopic (exact) mass is 271 g/mol. The van der Waals surface area contributed by atoms with E-state index in [1.54, 1.807) is 13.0 Å². The van der Waals surface area contributed by atoms with Crippen LogP contribution in [0.4, 0.5) is 4.39 Å². The Bertz CT molecular complexity index is 440. The summed E-state index contributed by atoms with van der Waals surface area (Å²) in [6, 6.07) is 4.10. The van der Waals surface area contributed by atoms with Crippen LogP contribution in [0.25, 0.3) is 0 Å². The third-order valence-electron chi connectivity index (χ3n) is 1.65. The molecule has 0 unspecified atom stereocenters. The van der Waals surface area contributed by atoms with Gasteiger partial charge in [-0.1, -0.05) is 0 Å². The average Bonchev–Trinajstić information content (AvgIpc) is 2.22. The summed E-state index contributed by atoms with van der Waals surface area (Å²) in [6.07, 6.45) is 0. The molecule has 0 spiro atoms. The summed E-state index contributed by atoms with van der Waals surface area (Å²) in [5.41, 5.74) is 0.104. The van der Waals surface area contributed by atoms with Crippen LogP contribution < -0.4 is 0 Å². The lowest BCUT2D eigenvalue weighted by atomic mass is 10.1. The molecule has 0 aromatic heterocycles. The van der Waals surface area contributed by atoms with E-state index in [-0.39, 0.29) is 22.2 Å². The third-order valence-corrected chi connectivity index (χ3v) is 2.46. The zero-order valence-corrected chi connectivity index (χ0v) is 9.47. The molecule has 3 nitrogen and oxygen atoms in total. The highest BCUT2D eigenvalue weighted by Gasteiger charge is 2.16. The number of carbonyl (C=O) groups excluding carboxylic acids is 1. The Hall–Kier alpha value is -1.41. The Kier molecular flexibility index (Phi) is 3.81. The van der Waals surface area contributed by atoms with Crippen molar-refractivity contribution in [2.24, 2.45) is 0 Å². The molecule has 0 heterocycles. The second-order valence-electron chi connectivity index (χ2n) is 2.65. The summed E-state index contributed by atoms with van der Waals surface area (Å²) in [5, 5.41) is 8.60. The van der Waals surface area contributed by atoms with Gasteiger partial charge in [-0.05, 0) is 35.0 Å². The Morgan fingerprint density at radius 2 is 2.33 bits per heavy atom. The van der Waals surface area contributed by atoms with Gasteiger partial charge in [-0.2, -0.15) is 5.26 Å².